The summed E-state index contributed by atoms with van der Waals surface area (Å²) in [7, 11) is -11.4. The Morgan fingerprint density at radius 2 is 1.23 bits per heavy atom. The van der Waals surface area contributed by atoms with E-state index in [2.05, 4.69) is 16.0 Å². The molecule has 12 N–H and O–H groups in total. The fourth-order valence-corrected chi connectivity index (χ4v) is 5.34. The first-order valence-corrected chi connectivity index (χ1v) is 14.1. The largest absolute Gasteiger partial charge is 0.481 e. The summed E-state index contributed by atoms with van der Waals surface area (Å²) in [6.07, 6.45) is -3.26. The third kappa shape index (κ3) is 12.5. The van der Waals surface area contributed by atoms with Crippen LogP contribution in [0.5, 0.6) is 0 Å². The lowest BCUT2D eigenvalue weighted by Gasteiger charge is -2.29. The van der Waals surface area contributed by atoms with Gasteiger partial charge in [0, 0.05) is 39.1 Å². The molecule has 0 saturated heterocycles. The van der Waals surface area contributed by atoms with Crippen molar-refractivity contribution in [3.63, 3.8) is 0 Å². The summed E-state index contributed by atoms with van der Waals surface area (Å²) in [6, 6.07) is 0. The van der Waals surface area contributed by atoms with Gasteiger partial charge in [0.2, 0.25) is 5.91 Å². The number of aliphatic hydroxyl groups is 1. The van der Waals surface area contributed by atoms with Crippen LogP contribution in [-0.2, 0) is 33.1 Å². The van der Waals surface area contributed by atoms with Crippen molar-refractivity contribution in [1.82, 2.24) is 20.9 Å². The van der Waals surface area contributed by atoms with Crippen molar-refractivity contribution in [2.75, 3.05) is 45.8 Å². The first-order chi connectivity index (χ1) is 17.7. The Bertz CT molecular complexity index is 957. The second kappa shape index (κ2) is 15.3. The molecule has 39 heavy (non-hydrogen) atoms. The van der Waals surface area contributed by atoms with E-state index in [0.29, 0.717) is 0 Å². The monoisotopic (exact) mass is 610 g/mol. The molecule has 0 aromatic heterocycles. The Morgan fingerprint density at radius 1 is 0.718 bits per heavy atom. The zero-order valence-corrected chi connectivity index (χ0v) is 22.1. The highest BCUT2D eigenvalue weighted by Gasteiger charge is 2.58. The molecule has 0 spiro atoms. The van der Waals surface area contributed by atoms with Crippen LogP contribution in [0.1, 0.15) is 19.3 Å². The number of hydrogen-bond donors (Lipinski definition) is 12. The molecule has 0 aliphatic rings. The maximum atomic E-state index is 12.1. The third-order valence-electron chi connectivity index (χ3n) is 5.13. The molecule has 226 valence electrons. The van der Waals surface area contributed by atoms with Gasteiger partial charge in [-0.15, -0.1) is 0 Å². The van der Waals surface area contributed by atoms with Gasteiger partial charge in [-0.05, 0) is 0 Å². The zero-order chi connectivity index (χ0) is 30.7. The van der Waals surface area contributed by atoms with E-state index in [9.17, 15) is 43.3 Å². The van der Waals surface area contributed by atoms with Gasteiger partial charge in [0.1, 0.15) is 5.54 Å². The first-order valence-electron chi connectivity index (χ1n) is 10.8. The van der Waals surface area contributed by atoms with Crippen LogP contribution in [-0.4, -0.2) is 136 Å². The minimum absolute atomic E-state index is 0.0103. The lowest BCUT2D eigenvalue weighted by molar-refractivity contribution is -0.155. The number of amides is 1. The molecule has 0 aromatic rings. The maximum Gasteiger partial charge on any atom is 0.369 e. The molecular formula is C17H32N4O16P2. The summed E-state index contributed by atoms with van der Waals surface area (Å²) < 4.78 is 22.6. The smallest absolute Gasteiger partial charge is 0.369 e. The minimum atomic E-state index is -5.72. The first kappa shape index (κ1) is 36.5. The SMILES string of the molecule is O=C(O)CN(CCNCCNC(CC(=O)O)(CC(=O)O)C(=O)O)CC(=O)NCCC(O)(P(=O)(O)O)P(=O)(O)O. The molecule has 0 bridgehead atoms. The predicted octanol–water partition coefficient (Wildman–Crippen LogP) is -4.17. The Balaban J connectivity index is 4.89. The van der Waals surface area contributed by atoms with E-state index >= 15 is 0 Å². The normalized spacial score (nSPS) is 12.8. The topological polar surface area (TPSA) is 341 Å². The van der Waals surface area contributed by atoms with E-state index in [0.717, 1.165) is 4.90 Å². The summed E-state index contributed by atoms with van der Waals surface area (Å²) in [5.41, 5.74) is -2.28. The number of aliphatic carboxylic acids is 4. The standard InChI is InChI=1S/C17H32N4O16P2/c22-11(19-2-1-17(31,38(32,33)34)39(35,36)37)9-21(10-14(27)28)6-5-18-3-4-20-16(15(29)30,7-12(23)24)8-13(25)26/h18,20,31H,1-10H2,(H,19,22)(H,23,24)(H,25,26)(H,27,28)(H,29,30)(H2,32,33,34)(H2,35,36,37). The van der Waals surface area contributed by atoms with Gasteiger partial charge in [0.05, 0.1) is 25.9 Å². The highest BCUT2D eigenvalue weighted by molar-refractivity contribution is 7.72. The molecule has 22 heteroatoms. The second-order valence-corrected chi connectivity index (χ2v) is 12.3. The lowest BCUT2D eigenvalue weighted by atomic mass is 9.91. The van der Waals surface area contributed by atoms with Crippen LogP contribution in [0.4, 0.5) is 0 Å². The third-order valence-corrected chi connectivity index (χ3v) is 9.00. The minimum Gasteiger partial charge on any atom is -0.481 e. The van der Waals surface area contributed by atoms with E-state index < -0.39 is 94.5 Å². The van der Waals surface area contributed by atoms with Crippen molar-refractivity contribution in [1.29, 1.82) is 0 Å². The maximum absolute atomic E-state index is 12.1. The molecule has 0 fully saturated rings. The van der Waals surface area contributed by atoms with Crippen molar-refractivity contribution in [3.05, 3.63) is 0 Å². The van der Waals surface area contributed by atoms with Crippen LogP contribution in [0, 0.1) is 0 Å². The fourth-order valence-electron chi connectivity index (χ4n) is 3.18. The molecule has 0 rings (SSSR count). The highest BCUT2D eigenvalue weighted by atomic mass is 31.2. The van der Waals surface area contributed by atoms with Gasteiger partial charge in [0.15, 0.2) is 0 Å². The van der Waals surface area contributed by atoms with Crippen molar-refractivity contribution in [3.8, 4) is 0 Å². The number of carboxylic acids is 4. The predicted molar refractivity (Wildman–Crippen MR) is 126 cm³/mol. The zero-order valence-electron chi connectivity index (χ0n) is 20.3. The van der Waals surface area contributed by atoms with Gasteiger partial charge in [0.25, 0.3) is 5.08 Å². The quantitative estimate of drug-likeness (QED) is 0.0433. The Kier molecular flexibility index (Phi) is 14.3. The van der Waals surface area contributed by atoms with Crippen LogP contribution in [0.2, 0.25) is 0 Å². The molecular weight excluding hydrogens is 578 g/mol. The molecule has 0 saturated carbocycles. The molecule has 0 unspecified atom stereocenters. The summed E-state index contributed by atoms with van der Waals surface area (Å²) in [5.74, 6) is -7.03. The molecule has 0 aromatic carbocycles. The van der Waals surface area contributed by atoms with E-state index in [1.165, 1.54) is 0 Å². The average Bonchev–Trinajstić information content (AvgIpc) is 2.72. The highest BCUT2D eigenvalue weighted by Crippen LogP contribution is 2.68. The molecule has 0 radical (unpaired) electrons. The summed E-state index contributed by atoms with van der Waals surface area (Å²) in [5, 5.41) is 49.5. The Hall–Kier alpha value is -2.51. The Labute approximate surface area is 220 Å². The van der Waals surface area contributed by atoms with Crippen LogP contribution >= 0.6 is 15.2 Å². The van der Waals surface area contributed by atoms with Gasteiger partial charge >= 0.3 is 39.1 Å². The van der Waals surface area contributed by atoms with E-state index in [-0.39, 0.29) is 26.2 Å². The molecule has 0 heterocycles. The summed E-state index contributed by atoms with van der Waals surface area (Å²) in [4.78, 5) is 94.2. The number of hydrogen-bond acceptors (Lipinski definition) is 11. The second-order valence-electron chi connectivity index (χ2n) is 8.27. The molecule has 20 nitrogen and oxygen atoms in total. The lowest BCUT2D eigenvalue weighted by Crippen LogP contribution is -2.56. The van der Waals surface area contributed by atoms with E-state index in [1.54, 1.807) is 0 Å². The van der Waals surface area contributed by atoms with E-state index in [1.807, 2.05) is 0 Å². The van der Waals surface area contributed by atoms with Gasteiger partial charge in [-0.3, -0.25) is 43.3 Å². The number of rotatable bonds is 21. The Morgan fingerprint density at radius 3 is 1.64 bits per heavy atom. The number of nitrogens with zero attached hydrogens (tertiary/aromatic N) is 1. The van der Waals surface area contributed by atoms with Crippen LogP contribution in [0.3, 0.4) is 0 Å². The van der Waals surface area contributed by atoms with Crippen LogP contribution < -0.4 is 16.0 Å². The molecule has 0 aliphatic heterocycles. The van der Waals surface area contributed by atoms with Crippen LogP contribution in [0.25, 0.3) is 0 Å². The van der Waals surface area contributed by atoms with E-state index in [4.69, 9.17) is 34.9 Å². The number of nitrogens with one attached hydrogen (secondary N) is 3. The van der Waals surface area contributed by atoms with Gasteiger partial charge in [-0.25, -0.2) is 0 Å². The van der Waals surface area contributed by atoms with Gasteiger partial charge < -0.3 is 55.7 Å². The van der Waals surface area contributed by atoms with Gasteiger partial charge in [-0.1, -0.05) is 0 Å². The van der Waals surface area contributed by atoms with Crippen molar-refractivity contribution in [2.24, 2.45) is 0 Å². The van der Waals surface area contributed by atoms with Gasteiger partial charge in [-0.2, -0.15) is 0 Å². The number of carbonyl (C=O) groups excluding carboxylic acids is 1. The number of carboxylic acid groups (broad SMARTS) is 4. The average molecular weight is 610 g/mol. The van der Waals surface area contributed by atoms with Crippen LogP contribution in [0.15, 0.2) is 0 Å². The summed E-state index contributed by atoms with van der Waals surface area (Å²) >= 11 is 0. The molecule has 0 aliphatic carbocycles. The van der Waals surface area contributed by atoms with Crippen molar-refractivity contribution < 1.29 is 78.2 Å². The number of carbonyl (C=O) groups is 5. The summed E-state index contributed by atoms with van der Waals surface area (Å²) in [6.45, 7) is -2.33. The fraction of sp³-hybridized carbons (Fsp3) is 0.706. The van der Waals surface area contributed by atoms with Crippen molar-refractivity contribution >= 4 is 45.0 Å². The van der Waals surface area contributed by atoms with Crippen molar-refractivity contribution in [2.45, 2.75) is 29.9 Å². The molecule has 1 amide bonds. The molecule has 0 atom stereocenters.